The highest BCUT2D eigenvalue weighted by atomic mass is 31.2. The van der Waals surface area contributed by atoms with E-state index in [1.807, 2.05) is 10.9 Å². The van der Waals surface area contributed by atoms with E-state index in [2.05, 4.69) is 0 Å². The smallest absolute Gasteiger partial charge is 0.348 e. The van der Waals surface area contributed by atoms with Crippen LogP contribution in [0.1, 0.15) is 6.23 Å². The van der Waals surface area contributed by atoms with Crippen molar-refractivity contribution in [2.75, 3.05) is 0 Å². The van der Waals surface area contributed by atoms with Gasteiger partial charge in [0.05, 0.1) is 0 Å². The average molecular weight is 344 g/mol. The number of nitrogens with zero attached hydrogens (tertiary/aromatic N) is 1. The molecule has 23 heavy (non-hydrogen) atoms. The molecule has 1 aliphatic rings. The molecule has 2 heterocycles. The zero-order valence-corrected chi connectivity index (χ0v) is 12.3. The van der Waals surface area contributed by atoms with Crippen LogP contribution >= 0.6 is 7.60 Å². The third-order valence-corrected chi connectivity index (χ3v) is 3.78. The average Bonchev–Trinajstić information content (AvgIpc) is 2.70. The molecule has 0 aliphatic carbocycles. The molecule has 0 amide bonds. The van der Waals surface area contributed by atoms with Gasteiger partial charge < -0.3 is 24.7 Å². The maximum atomic E-state index is 11.7. The van der Waals surface area contributed by atoms with E-state index in [-0.39, 0.29) is 0 Å². The highest BCUT2D eigenvalue weighted by molar-refractivity contribution is 7.55. The first kappa shape index (κ1) is 17.4. The summed E-state index contributed by atoms with van der Waals surface area (Å²) in [7, 11) is -4.59. The number of aromatic nitrogens is 2. The van der Waals surface area contributed by atoms with Crippen molar-refractivity contribution in [3.63, 3.8) is 0 Å². The van der Waals surface area contributed by atoms with Gasteiger partial charge in [-0.1, -0.05) is 5.92 Å². The third-order valence-electron chi connectivity index (χ3n) is 3.24. The number of aromatic amines is 1. The van der Waals surface area contributed by atoms with Crippen LogP contribution in [0.5, 0.6) is 0 Å². The standard InChI is InChI=1S/C12H13N2O8P/c1-2-12(4-6-23(19,20)21)9(17)8(16)10(22-12)14-5-3-7(15)13-11(14)18/h1,3-6,8-10,16-17H,(H,13,15,18)(H2,19,20,21)/t8-,9+,10?,12?/m1/s1. The van der Waals surface area contributed by atoms with Crippen molar-refractivity contribution in [2.24, 2.45) is 0 Å². The zero-order chi connectivity index (χ0) is 17.4. The number of H-pyrrole nitrogens is 1. The van der Waals surface area contributed by atoms with Crippen LogP contribution < -0.4 is 11.2 Å². The summed E-state index contributed by atoms with van der Waals surface area (Å²) in [5.74, 6) is 2.44. The minimum Gasteiger partial charge on any atom is -0.386 e. The largest absolute Gasteiger partial charge is 0.386 e. The van der Waals surface area contributed by atoms with Crippen LogP contribution in [0.15, 0.2) is 33.7 Å². The lowest BCUT2D eigenvalue weighted by atomic mass is 9.96. The Labute approximate surface area is 128 Å². The number of nitrogens with one attached hydrogen (secondary N) is 1. The molecule has 1 saturated heterocycles. The van der Waals surface area contributed by atoms with Gasteiger partial charge in [0.15, 0.2) is 11.8 Å². The first-order valence-electron chi connectivity index (χ1n) is 6.18. The lowest BCUT2D eigenvalue weighted by Crippen LogP contribution is -2.40. The topological polar surface area (TPSA) is 162 Å². The molecular formula is C12H13N2O8P. The molecule has 0 aromatic carbocycles. The van der Waals surface area contributed by atoms with E-state index in [0.717, 1.165) is 22.9 Å². The van der Waals surface area contributed by atoms with Crippen LogP contribution in [0.25, 0.3) is 0 Å². The SMILES string of the molecule is C#CC1(C=CP(=O)(O)O)OC(n2ccc(=O)[nH]c2=O)[C@H](O)[C@@H]1O. The van der Waals surface area contributed by atoms with E-state index in [0.29, 0.717) is 5.82 Å². The van der Waals surface area contributed by atoms with Gasteiger partial charge in [0, 0.05) is 18.1 Å². The summed E-state index contributed by atoms with van der Waals surface area (Å²) in [4.78, 5) is 42.4. The van der Waals surface area contributed by atoms with Crippen molar-refractivity contribution in [1.29, 1.82) is 0 Å². The third kappa shape index (κ3) is 3.35. The Morgan fingerprint density at radius 3 is 2.61 bits per heavy atom. The molecule has 11 heteroatoms. The molecule has 1 aromatic heterocycles. The molecule has 2 unspecified atom stereocenters. The minimum atomic E-state index is -4.59. The van der Waals surface area contributed by atoms with Crippen molar-refractivity contribution in [1.82, 2.24) is 9.55 Å². The van der Waals surface area contributed by atoms with Gasteiger partial charge in [-0.25, -0.2) is 4.79 Å². The molecule has 1 aliphatic heterocycles. The van der Waals surface area contributed by atoms with Gasteiger partial charge in [-0.3, -0.25) is 18.9 Å². The Morgan fingerprint density at radius 1 is 1.43 bits per heavy atom. The normalized spacial score (nSPS) is 31.3. The molecule has 1 fully saturated rings. The molecule has 124 valence electrons. The number of ether oxygens (including phenoxy) is 1. The molecule has 10 nitrogen and oxygen atoms in total. The number of terminal acetylenes is 1. The van der Waals surface area contributed by atoms with Gasteiger partial charge in [-0.05, 0) is 6.08 Å². The second-order valence-electron chi connectivity index (χ2n) is 4.80. The van der Waals surface area contributed by atoms with Crippen LogP contribution in [-0.4, -0.2) is 47.4 Å². The quantitative estimate of drug-likeness (QED) is 0.306. The first-order valence-corrected chi connectivity index (χ1v) is 7.86. The van der Waals surface area contributed by atoms with E-state index in [1.165, 1.54) is 0 Å². The zero-order valence-electron chi connectivity index (χ0n) is 11.4. The molecule has 0 bridgehead atoms. The summed E-state index contributed by atoms with van der Waals surface area (Å²) in [6.07, 6.45) is 2.12. The molecule has 1 aromatic rings. The van der Waals surface area contributed by atoms with Crippen molar-refractivity contribution < 1.29 is 29.3 Å². The Balaban J connectivity index is 2.46. The highest BCUT2D eigenvalue weighted by Crippen LogP contribution is 2.42. The van der Waals surface area contributed by atoms with E-state index in [9.17, 15) is 24.4 Å². The van der Waals surface area contributed by atoms with Gasteiger partial charge in [-0.2, -0.15) is 0 Å². The summed E-state index contributed by atoms with van der Waals surface area (Å²) in [6.45, 7) is 0. The van der Waals surface area contributed by atoms with Crippen molar-refractivity contribution in [3.8, 4) is 12.3 Å². The predicted octanol–water partition coefficient (Wildman–Crippen LogP) is -2.15. The summed E-state index contributed by atoms with van der Waals surface area (Å²) >= 11 is 0. The molecular weight excluding hydrogens is 331 g/mol. The number of aliphatic hydroxyl groups is 2. The van der Waals surface area contributed by atoms with Gasteiger partial charge in [0.1, 0.15) is 12.2 Å². The lowest BCUT2D eigenvalue weighted by molar-refractivity contribution is -0.0493. The number of hydrogen-bond donors (Lipinski definition) is 5. The molecule has 0 spiro atoms. The van der Waals surface area contributed by atoms with Gasteiger partial charge in [0.2, 0.25) is 0 Å². The summed E-state index contributed by atoms with van der Waals surface area (Å²) in [5.41, 5.74) is -3.65. The van der Waals surface area contributed by atoms with Crippen molar-refractivity contribution >= 4 is 7.60 Å². The second-order valence-corrected chi connectivity index (χ2v) is 6.28. The number of aliphatic hydroxyl groups excluding tert-OH is 2. The summed E-state index contributed by atoms with van der Waals surface area (Å²) < 4.78 is 17.0. The molecule has 0 radical (unpaired) electrons. The molecule has 2 rings (SSSR count). The predicted molar refractivity (Wildman–Crippen MR) is 76.2 cm³/mol. The fourth-order valence-electron chi connectivity index (χ4n) is 2.11. The van der Waals surface area contributed by atoms with Gasteiger partial charge in [0.25, 0.3) is 5.56 Å². The minimum absolute atomic E-state index is 0.431. The first-order chi connectivity index (χ1) is 10.6. The number of hydrogen-bond acceptors (Lipinski definition) is 6. The Kier molecular flexibility index (Phi) is 4.45. The molecule has 0 saturated carbocycles. The monoisotopic (exact) mass is 344 g/mol. The van der Waals surface area contributed by atoms with Gasteiger partial charge in [-0.15, -0.1) is 6.42 Å². The second kappa shape index (κ2) is 5.90. The van der Waals surface area contributed by atoms with Crippen LogP contribution in [-0.2, 0) is 9.30 Å². The van der Waals surface area contributed by atoms with Crippen LogP contribution in [0, 0.1) is 12.3 Å². The Morgan fingerprint density at radius 2 is 2.09 bits per heavy atom. The van der Waals surface area contributed by atoms with Crippen molar-refractivity contribution in [2.45, 2.75) is 24.0 Å². The highest BCUT2D eigenvalue weighted by Gasteiger charge is 2.53. The Hall–Kier alpha value is -1.99. The molecule has 5 N–H and O–H groups in total. The fourth-order valence-corrected chi connectivity index (χ4v) is 2.53. The summed E-state index contributed by atoms with van der Waals surface area (Å²) in [6, 6.07) is 0.991. The van der Waals surface area contributed by atoms with Crippen LogP contribution in [0.4, 0.5) is 0 Å². The van der Waals surface area contributed by atoms with E-state index < -0.39 is 42.9 Å². The fraction of sp³-hybridized carbons (Fsp3) is 0.333. The molecule has 4 atom stereocenters. The maximum absolute atomic E-state index is 11.7. The Bertz CT molecular complexity index is 830. The van der Waals surface area contributed by atoms with E-state index in [4.69, 9.17) is 20.9 Å². The number of rotatable bonds is 3. The van der Waals surface area contributed by atoms with Crippen LogP contribution in [0.2, 0.25) is 0 Å². The van der Waals surface area contributed by atoms with E-state index in [1.54, 1.807) is 0 Å². The van der Waals surface area contributed by atoms with Crippen molar-refractivity contribution in [3.05, 3.63) is 45.0 Å². The van der Waals surface area contributed by atoms with E-state index >= 15 is 0 Å². The van der Waals surface area contributed by atoms with Gasteiger partial charge >= 0.3 is 13.3 Å². The maximum Gasteiger partial charge on any atom is 0.348 e. The van der Waals surface area contributed by atoms with Crippen LogP contribution in [0.3, 0.4) is 0 Å². The lowest BCUT2D eigenvalue weighted by Gasteiger charge is -2.22. The summed E-state index contributed by atoms with van der Waals surface area (Å²) in [5, 5.41) is 20.1.